The molecule has 4 nitrogen and oxygen atoms in total. The van der Waals surface area contributed by atoms with Crippen molar-refractivity contribution in [1.29, 1.82) is 0 Å². The van der Waals surface area contributed by atoms with Crippen LogP contribution < -0.4 is 10.9 Å². The van der Waals surface area contributed by atoms with Crippen LogP contribution in [-0.4, -0.2) is 16.4 Å². The van der Waals surface area contributed by atoms with Crippen molar-refractivity contribution < 1.29 is 4.79 Å². The normalized spacial score (nSPS) is 27.8. The van der Waals surface area contributed by atoms with E-state index in [0.717, 1.165) is 36.6 Å². The first kappa shape index (κ1) is 17.3. The number of benzene rings is 1. The molecule has 2 N–H and O–H groups in total. The fourth-order valence-electron chi connectivity index (χ4n) is 5.30. The van der Waals surface area contributed by atoms with Gasteiger partial charge in [-0.05, 0) is 81.0 Å². The molecule has 2 aliphatic carbocycles. The number of pyridine rings is 1. The highest BCUT2D eigenvalue weighted by Crippen LogP contribution is 2.59. The number of fused-ring (bicyclic) bond motifs is 5. The van der Waals surface area contributed by atoms with Crippen molar-refractivity contribution in [3.05, 3.63) is 45.7 Å². The number of nitrogens with one attached hydrogen (secondary N) is 2. The van der Waals surface area contributed by atoms with Gasteiger partial charge in [0.1, 0.15) is 0 Å². The zero-order chi connectivity index (χ0) is 18.7. The molecule has 1 saturated carbocycles. The van der Waals surface area contributed by atoms with Crippen LogP contribution in [0.1, 0.15) is 64.0 Å². The molecule has 0 saturated heterocycles. The van der Waals surface area contributed by atoms with Crippen LogP contribution in [0.4, 0.5) is 0 Å². The summed E-state index contributed by atoms with van der Waals surface area (Å²) in [6.45, 7) is 8.44. The number of aryl methyl sites for hydroxylation is 1. The number of hydrogen-bond acceptors (Lipinski definition) is 2. The molecular weight excluding hydrogens is 324 g/mol. The Hall–Kier alpha value is -2.10. The molecule has 26 heavy (non-hydrogen) atoms. The van der Waals surface area contributed by atoms with Gasteiger partial charge in [-0.1, -0.05) is 13.0 Å². The van der Waals surface area contributed by atoms with Gasteiger partial charge in [0.15, 0.2) is 0 Å². The largest absolute Gasteiger partial charge is 0.351 e. The number of carbonyl (C=O) groups excluding carboxylic acids is 1. The third kappa shape index (κ3) is 2.67. The third-order valence-corrected chi connectivity index (χ3v) is 6.49. The molecule has 2 aliphatic rings. The van der Waals surface area contributed by atoms with Crippen LogP contribution in [0.15, 0.2) is 29.1 Å². The lowest BCUT2D eigenvalue weighted by Crippen LogP contribution is -2.48. The topological polar surface area (TPSA) is 62.0 Å². The average molecular weight is 352 g/mol. The van der Waals surface area contributed by atoms with E-state index in [1.165, 1.54) is 11.1 Å². The van der Waals surface area contributed by atoms with E-state index in [4.69, 9.17) is 0 Å². The molecule has 1 aromatic carbocycles. The van der Waals surface area contributed by atoms with Gasteiger partial charge in [0.25, 0.3) is 0 Å². The zero-order valence-electron chi connectivity index (χ0n) is 16.1. The number of amides is 1. The predicted molar refractivity (Wildman–Crippen MR) is 104 cm³/mol. The van der Waals surface area contributed by atoms with Crippen molar-refractivity contribution in [3.8, 4) is 0 Å². The van der Waals surface area contributed by atoms with Crippen molar-refractivity contribution >= 4 is 16.8 Å². The van der Waals surface area contributed by atoms with Gasteiger partial charge < -0.3 is 10.3 Å². The molecule has 1 aromatic heterocycles. The summed E-state index contributed by atoms with van der Waals surface area (Å²) in [7, 11) is 0. The molecule has 138 valence electrons. The maximum atomic E-state index is 12.9. The van der Waals surface area contributed by atoms with Crippen LogP contribution in [-0.2, 0) is 11.2 Å². The minimum atomic E-state index is -0.194. The molecule has 1 fully saturated rings. The second-order valence-corrected chi connectivity index (χ2v) is 9.34. The van der Waals surface area contributed by atoms with E-state index in [1.807, 2.05) is 32.9 Å². The van der Waals surface area contributed by atoms with Crippen molar-refractivity contribution in [3.63, 3.8) is 0 Å². The van der Waals surface area contributed by atoms with Crippen LogP contribution in [0.25, 0.3) is 10.9 Å². The average Bonchev–Trinajstić information content (AvgIpc) is 2.90. The fraction of sp³-hybridized carbons (Fsp3) is 0.545. The summed E-state index contributed by atoms with van der Waals surface area (Å²) in [6.07, 6.45) is 3.99. The summed E-state index contributed by atoms with van der Waals surface area (Å²) in [6, 6.07) is 7.78. The quantitative estimate of drug-likeness (QED) is 0.818. The van der Waals surface area contributed by atoms with E-state index >= 15 is 0 Å². The van der Waals surface area contributed by atoms with E-state index in [0.29, 0.717) is 5.92 Å². The summed E-state index contributed by atoms with van der Waals surface area (Å²) in [5, 5.41) is 4.36. The SMILES string of the molecule is CC(C)(C)NC(=O)C1CCC2c3ccc4[nH]c(=O)ccc4c3CCC12C. The van der Waals surface area contributed by atoms with Gasteiger partial charge in [0.2, 0.25) is 11.5 Å². The number of aromatic nitrogens is 1. The van der Waals surface area contributed by atoms with E-state index in [9.17, 15) is 9.59 Å². The monoisotopic (exact) mass is 352 g/mol. The minimum absolute atomic E-state index is 0.0121. The van der Waals surface area contributed by atoms with Crippen LogP contribution >= 0.6 is 0 Å². The Kier molecular flexibility index (Phi) is 3.80. The first-order valence-corrected chi connectivity index (χ1v) is 9.66. The fourth-order valence-corrected chi connectivity index (χ4v) is 5.30. The third-order valence-electron chi connectivity index (χ3n) is 6.49. The minimum Gasteiger partial charge on any atom is -0.351 e. The van der Waals surface area contributed by atoms with E-state index in [-0.39, 0.29) is 28.3 Å². The van der Waals surface area contributed by atoms with Crippen molar-refractivity contribution in [1.82, 2.24) is 10.3 Å². The van der Waals surface area contributed by atoms with Gasteiger partial charge in [-0.3, -0.25) is 9.59 Å². The molecule has 4 heteroatoms. The molecule has 4 rings (SSSR count). The standard InChI is InChI=1S/C22H28N2O2/c1-21(2,3)24-20(26)17-8-7-16-14-5-9-18-15(6-10-19(25)23-18)13(14)11-12-22(16,17)4/h5-6,9-10,16-17H,7-8,11-12H2,1-4H3,(H,23,25)(H,24,26). The van der Waals surface area contributed by atoms with E-state index in [1.54, 1.807) is 6.07 Å². The van der Waals surface area contributed by atoms with Gasteiger partial charge in [0, 0.05) is 28.4 Å². The second kappa shape index (κ2) is 5.70. The summed E-state index contributed by atoms with van der Waals surface area (Å²) >= 11 is 0. The lowest BCUT2D eigenvalue weighted by Gasteiger charge is -2.42. The molecule has 2 aromatic rings. The molecule has 0 spiro atoms. The lowest BCUT2D eigenvalue weighted by atomic mass is 9.63. The molecule has 0 aliphatic heterocycles. The highest BCUT2D eigenvalue weighted by Gasteiger charge is 2.52. The summed E-state index contributed by atoms with van der Waals surface area (Å²) in [5.41, 5.74) is 3.42. The second-order valence-electron chi connectivity index (χ2n) is 9.34. The van der Waals surface area contributed by atoms with Gasteiger partial charge in [-0.25, -0.2) is 0 Å². The van der Waals surface area contributed by atoms with Crippen LogP contribution in [0, 0.1) is 11.3 Å². The molecule has 0 bridgehead atoms. The summed E-state index contributed by atoms with van der Waals surface area (Å²) in [5.74, 6) is 0.695. The van der Waals surface area contributed by atoms with Crippen LogP contribution in [0.2, 0.25) is 0 Å². The molecule has 1 heterocycles. The molecule has 3 atom stereocenters. The Bertz CT molecular complexity index is 937. The van der Waals surface area contributed by atoms with Gasteiger partial charge >= 0.3 is 0 Å². The smallest absolute Gasteiger partial charge is 0.248 e. The van der Waals surface area contributed by atoms with Gasteiger partial charge in [-0.2, -0.15) is 0 Å². The van der Waals surface area contributed by atoms with E-state index in [2.05, 4.69) is 23.3 Å². The molecule has 3 unspecified atom stereocenters. The van der Waals surface area contributed by atoms with Crippen LogP contribution in [0.5, 0.6) is 0 Å². The molecular formula is C22H28N2O2. The van der Waals surface area contributed by atoms with E-state index < -0.39 is 0 Å². The Morgan fingerprint density at radius 2 is 1.96 bits per heavy atom. The van der Waals surface area contributed by atoms with Crippen LogP contribution in [0.3, 0.4) is 0 Å². The van der Waals surface area contributed by atoms with Crippen molar-refractivity contribution in [2.75, 3.05) is 0 Å². The van der Waals surface area contributed by atoms with Gasteiger partial charge in [-0.15, -0.1) is 0 Å². The number of hydrogen-bond donors (Lipinski definition) is 2. The Labute approximate surface area is 154 Å². The summed E-state index contributed by atoms with van der Waals surface area (Å²) in [4.78, 5) is 27.5. The number of rotatable bonds is 1. The first-order valence-electron chi connectivity index (χ1n) is 9.66. The summed E-state index contributed by atoms with van der Waals surface area (Å²) < 4.78 is 0. The lowest BCUT2D eigenvalue weighted by molar-refractivity contribution is -0.129. The zero-order valence-corrected chi connectivity index (χ0v) is 16.1. The Balaban J connectivity index is 1.73. The number of H-pyrrole nitrogens is 1. The van der Waals surface area contributed by atoms with Gasteiger partial charge in [0.05, 0.1) is 0 Å². The highest BCUT2D eigenvalue weighted by molar-refractivity contribution is 5.85. The number of carbonyl (C=O) groups is 1. The molecule has 0 radical (unpaired) electrons. The first-order chi connectivity index (χ1) is 12.2. The Morgan fingerprint density at radius 3 is 2.69 bits per heavy atom. The maximum absolute atomic E-state index is 12.9. The number of aromatic amines is 1. The predicted octanol–water partition coefficient (Wildman–Crippen LogP) is 3.89. The van der Waals surface area contributed by atoms with Crippen molar-refractivity contribution in [2.45, 2.75) is 64.8 Å². The van der Waals surface area contributed by atoms with Crippen molar-refractivity contribution in [2.24, 2.45) is 11.3 Å². The maximum Gasteiger partial charge on any atom is 0.248 e. The molecule has 1 amide bonds. The highest BCUT2D eigenvalue weighted by atomic mass is 16.2. The Morgan fingerprint density at radius 1 is 1.19 bits per heavy atom.